The van der Waals surface area contributed by atoms with Crippen LogP contribution in [0.4, 0.5) is 0 Å². The Balaban J connectivity index is 0.000000177. The van der Waals surface area contributed by atoms with Crippen molar-refractivity contribution < 1.29 is 28.8 Å². The Morgan fingerprint density at radius 2 is 0.712 bits per heavy atom. The van der Waals surface area contributed by atoms with Crippen LogP contribution in [0.5, 0.6) is 0 Å². The number of nitrogens with zero attached hydrogens (tertiary/aromatic N) is 3. The zero-order valence-electron chi connectivity index (χ0n) is 63.5. The van der Waals surface area contributed by atoms with Gasteiger partial charge in [-0.25, -0.2) is 0 Å². The lowest BCUT2D eigenvalue weighted by Gasteiger charge is -2.29. The molecular weight excluding hydrogens is 1430 g/mol. The first-order chi connectivity index (χ1) is 54.0. The van der Waals surface area contributed by atoms with Crippen LogP contribution in [0.1, 0.15) is 127 Å². The van der Waals surface area contributed by atoms with E-state index in [1.165, 1.54) is 33.4 Å². The minimum absolute atomic E-state index is 0.0205. The summed E-state index contributed by atoms with van der Waals surface area (Å²) in [5, 5.41) is 20.1. The van der Waals surface area contributed by atoms with Crippen molar-refractivity contribution in [2.75, 3.05) is 78.5 Å². The normalized spacial score (nSPS) is 18.1. The Morgan fingerprint density at radius 3 is 1.03 bits per heavy atom. The van der Waals surface area contributed by atoms with E-state index >= 15 is 0 Å². The fraction of sp³-hybridized carbons (Fsp3) is 0.319. The van der Waals surface area contributed by atoms with Crippen LogP contribution in [0, 0.1) is 13.8 Å². The van der Waals surface area contributed by atoms with Gasteiger partial charge in [-0.05, 0) is 158 Å². The second-order valence-electron chi connectivity index (χ2n) is 28.7. The number of nitrogens with one attached hydrogen (secondary N) is 6. The monoisotopic (exact) mass is 1530 g/mol. The molecule has 3 aliphatic rings. The van der Waals surface area contributed by atoms with Crippen molar-refractivity contribution in [2.24, 2.45) is 17.2 Å². The maximum Gasteiger partial charge on any atom is 0.251 e. The largest absolute Gasteiger partial charge is 0.351 e. The molecule has 3 aliphatic heterocycles. The van der Waals surface area contributed by atoms with E-state index in [1.807, 2.05) is 186 Å². The van der Waals surface area contributed by atoms with Crippen molar-refractivity contribution in [3.63, 3.8) is 0 Å². The lowest BCUT2D eigenvalue weighted by atomic mass is 9.90. The molecule has 580 valence electrons. The van der Waals surface area contributed by atoms with E-state index in [4.69, 9.17) is 40.4 Å². The second-order valence-corrected chi connectivity index (χ2v) is 29.5. The predicted molar refractivity (Wildman–Crippen MR) is 446 cm³/mol. The summed E-state index contributed by atoms with van der Waals surface area (Å²) >= 11 is 12.0. The van der Waals surface area contributed by atoms with Crippen LogP contribution >= 0.6 is 23.2 Å². The molecule has 18 nitrogen and oxygen atoms in total. The number of hydrogen-bond acceptors (Lipinski definition) is 12. The van der Waals surface area contributed by atoms with E-state index in [-0.39, 0.29) is 83.4 Å². The molecule has 9 aromatic rings. The molecule has 0 unspecified atom stereocenters. The Hall–Kier alpha value is -10.1. The summed E-state index contributed by atoms with van der Waals surface area (Å²) in [6, 6.07) is 80.9. The average molecular weight is 1530 g/mol. The first kappa shape index (κ1) is 83.4. The van der Waals surface area contributed by atoms with Crippen molar-refractivity contribution in [1.29, 1.82) is 0 Å². The highest BCUT2D eigenvalue weighted by Gasteiger charge is 2.36. The Morgan fingerprint density at radius 1 is 0.405 bits per heavy atom. The second kappa shape index (κ2) is 43.5. The SMILES string of the molecule is Cc1ccc(C(=O)NC[C@@H]2CCN(CC(c3ccccc3)c3ccccc3)C(=O)[C@H](CCN)N2)cc1C.NCC[C@@H]1N[C@H](CNC(=O)/C=C/c2ccccc2)CCN(CC(c2ccccc2)c2ccccc2)C1=O.NCC[C@@H]1N[C@H](CNC(=O)c2ccc(Cl)c(Cl)c2)CCN(CC(c2ccccc2)c2ccccc2)C1=O. The van der Waals surface area contributed by atoms with Gasteiger partial charge >= 0.3 is 0 Å². The van der Waals surface area contributed by atoms with E-state index in [9.17, 15) is 28.8 Å². The lowest BCUT2D eigenvalue weighted by Crippen LogP contribution is -2.49. The number of hydrogen-bond donors (Lipinski definition) is 9. The maximum atomic E-state index is 13.6. The van der Waals surface area contributed by atoms with Gasteiger partial charge in [0, 0.05) is 112 Å². The van der Waals surface area contributed by atoms with Crippen LogP contribution in [0.2, 0.25) is 10.0 Å². The quantitative estimate of drug-likeness (QED) is 0.0207. The molecule has 3 heterocycles. The number of halogens is 2. The zero-order chi connectivity index (χ0) is 78.3. The van der Waals surface area contributed by atoms with Gasteiger partial charge in [-0.2, -0.15) is 0 Å². The van der Waals surface area contributed by atoms with Crippen LogP contribution in [-0.2, 0) is 19.2 Å². The van der Waals surface area contributed by atoms with E-state index in [0.29, 0.717) is 125 Å². The van der Waals surface area contributed by atoms with Gasteiger partial charge in [0.2, 0.25) is 23.6 Å². The standard InChI is InChI=1S/C31H38N4O2.C31H36N4O2.C29H32Cl2N4O2/c1-22-13-14-26(19-23(22)2)30(36)33-20-27-16-18-35(31(37)29(34-27)15-17-32)21-28(24-9-5-3-6-10-24)25-11-7-4-8-12-25;32-20-18-29-31(37)35(23-28(25-12-6-2-7-13-25)26-14-8-3-9-15-26)21-19-27(34-29)22-33-30(36)17-16-24-10-4-1-5-11-24;30-25-12-11-22(17-26(25)31)28(36)33-18-23-14-16-35(29(37)27(34-23)13-15-32)19-24(20-7-3-1-4-8-20)21-9-5-2-6-10-21/h3-14,19,27-29,34H,15-18,20-21,32H2,1-2H3,(H,33,36);1-17,27-29,34H,18-23,32H2,(H,33,36);1-12,17,23-24,27,34H,13-16,18-19,32H2,(H,33,36)/b;17-16+;/t2*27-,29-;23-,27-/m000/s1. The summed E-state index contributed by atoms with van der Waals surface area (Å²) < 4.78 is 0. The molecule has 0 bridgehead atoms. The minimum Gasteiger partial charge on any atom is -0.351 e. The molecule has 6 amide bonds. The molecule has 3 saturated heterocycles. The summed E-state index contributed by atoms with van der Waals surface area (Å²) in [6.45, 7) is 10.1. The smallest absolute Gasteiger partial charge is 0.251 e. The number of carbonyl (C=O) groups excluding carboxylic acids is 6. The Kier molecular flexibility index (Phi) is 32.6. The van der Waals surface area contributed by atoms with Crippen molar-refractivity contribution in [2.45, 2.75) is 106 Å². The third-order valence-electron chi connectivity index (χ3n) is 20.9. The van der Waals surface area contributed by atoms with Gasteiger partial charge in [0.15, 0.2) is 0 Å². The molecule has 9 aromatic carbocycles. The summed E-state index contributed by atoms with van der Waals surface area (Å²) in [5.74, 6) is -0.101. The van der Waals surface area contributed by atoms with Crippen molar-refractivity contribution in [1.82, 2.24) is 46.6 Å². The molecule has 12 N–H and O–H groups in total. The molecule has 0 saturated carbocycles. The first-order valence-corrected chi connectivity index (χ1v) is 39.5. The van der Waals surface area contributed by atoms with Crippen LogP contribution in [0.25, 0.3) is 6.08 Å². The van der Waals surface area contributed by atoms with Gasteiger partial charge in [0.05, 0.1) is 28.2 Å². The fourth-order valence-electron chi connectivity index (χ4n) is 14.5. The average Bonchev–Trinajstić information content (AvgIpc) is 1.82. The third kappa shape index (κ3) is 24.9. The number of amides is 6. The van der Waals surface area contributed by atoms with Crippen LogP contribution < -0.4 is 49.1 Å². The summed E-state index contributed by atoms with van der Waals surface area (Å²) in [4.78, 5) is 84.6. The Bertz CT molecular complexity index is 4120. The zero-order valence-corrected chi connectivity index (χ0v) is 65.0. The van der Waals surface area contributed by atoms with Gasteiger partial charge in [0.1, 0.15) is 0 Å². The molecule has 6 atom stereocenters. The highest BCUT2D eigenvalue weighted by Crippen LogP contribution is 2.31. The van der Waals surface area contributed by atoms with Gasteiger partial charge in [-0.3, -0.25) is 28.8 Å². The molecule has 0 radical (unpaired) electrons. The van der Waals surface area contributed by atoms with E-state index in [0.717, 1.165) is 29.5 Å². The minimum atomic E-state index is -0.411. The summed E-state index contributed by atoms with van der Waals surface area (Å²) in [6.07, 6.45) is 7.16. The molecule has 12 rings (SSSR count). The van der Waals surface area contributed by atoms with E-state index in [2.05, 4.69) is 105 Å². The molecular formula is C91H106Cl2N12O6. The molecule has 3 fully saturated rings. The van der Waals surface area contributed by atoms with Crippen molar-refractivity contribution in [3.8, 4) is 0 Å². The van der Waals surface area contributed by atoms with Gasteiger partial charge in [-0.1, -0.05) is 242 Å². The highest BCUT2D eigenvalue weighted by molar-refractivity contribution is 6.42. The van der Waals surface area contributed by atoms with E-state index < -0.39 is 6.04 Å². The van der Waals surface area contributed by atoms with Gasteiger partial charge < -0.3 is 63.8 Å². The van der Waals surface area contributed by atoms with Crippen molar-refractivity contribution in [3.05, 3.63) is 326 Å². The van der Waals surface area contributed by atoms with Crippen LogP contribution in [0.15, 0.2) is 255 Å². The molecule has 20 heteroatoms. The fourth-order valence-corrected chi connectivity index (χ4v) is 14.8. The first-order valence-electron chi connectivity index (χ1n) is 38.7. The summed E-state index contributed by atoms with van der Waals surface area (Å²) in [5.41, 5.74) is 29.0. The number of rotatable bonds is 28. The van der Waals surface area contributed by atoms with Crippen LogP contribution in [-0.4, -0.2) is 165 Å². The van der Waals surface area contributed by atoms with Crippen LogP contribution in [0.3, 0.4) is 0 Å². The third-order valence-corrected chi connectivity index (χ3v) is 21.6. The topological polar surface area (TPSA) is 262 Å². The number of aryl methyl sites for hydroxylation is 2. The van der Waals surface area contributed by atoms with Gasteiger partial charge in [0.25, 0.3) is 11.8 Å². The summed E-state index contributed by atoms with van der Waals surface area (Å²) in [7, 11) is 0. The molecule has 0 aromatic heterocycles. The number of carbonyl (C=O) groups is 6. The Labute approximate surface area is 664 Å². The highest BCUT2D eigenvalue weighted by atomic mass is 35.5. The van der Waals surface area contributed by atoms with Gasteiger partial charge in [-0.15, -0.1) is 0 Å². The predicted octanol–water partition coefficient (Wildman–Crippen LogP) is 11.8. The maximum absolute atomic E-state index is 13.6. The molecule has 111 heavy (non-hydrogen) atoms. The molecule has 0 aliphatic carbocycles. The van der Waals surface area contributed by atoms with Crippen molar-refractivity contribution >= 4 is 64.7 Å². The molecule has 0 spiro atoms. The van der Waals surface area contributed by atoms with E-state index in [1.54, 1.807) is 30.4 Å². The number of nitrogens with two attached hydrogens (primary N) is 3. The lowest BCUT2D eigenvalue weighted by molar-refractivity contribution is -0.133. The number of benzene rings is 9.